The summed E-state index contributed by atoms with van der Waals surface area (Å²) in [7, 11) is -1.69. The van der Waals surface area contributed by atoms with Crippen LogP contribution in [-0.2, 0) is 16.4 Å². The van der Waals surface area contributed by atoms with Gasteiger partial charge in [0, 0.05) is 19.6 Å². The maximum absolute atomic E-state index is 13.8. The minimum Gasteiger partial charge on any atom is -0.494 e. The number of nitrogens with one attached hydrogen (secondary N) is 1. The summed E-state index contributed by atoms with van der Waals surface area (Å²) in [6, 6.07) is 4.74. The van der Waals surface area contributed by atoms with Gasteiger partial charge in [-0.2, -0.15) is 0 Å². The van der Waals surface area contributed by atoms with Crippen LogP contribution in [0, 0.1) is 5.82 Å². The van der Waals surface area contributed by atoms with Gasteiger partial charge >= 0.3 is 0 Å². The zero-order valence-electron chi connectivity index (χ0n) is 15.6. The molecule has 0 bridgehead atoms. The van der Waals surface area contributed by atoms with E-state index in [1.165, 1.54) is 13.2 Å². The van der Waals surface area contributed by atoms with Gasteiger partial charge in [-0.15, -0.1) is 24.0 Å². The molecule has 0 radical (unpaired) electrons. The zero-order valence-corrected chi connectivity index (χ0v) is 18.7. The Morgan fingerprint density at radius 2 is 2.12 bits per heavy atom. The highest BCUT2D eigenvalue weighted by molar-refractivity contribution is 14.0. The third kappa shape index (κ3) is 5.21. The average molecular weight is 499 g/mol. The number of ether oxygens (including phenoxy) is 1. The largest absolute Gasteiger partial charge is 0.494 e. The van der Waals surface area contributed by atoms with Crippen LogP contribution in [0.3, 0.4) is 0 Å². The first-order valence-electron chi connectivity index (χ1n) is 8.28. The van der Waals surface area contributed by atoms with Crippen molar-refractivity contribution >= 4 is 39.8 Å². The highest BCUT2D eigenvalue weighted by atomic mass is 127. The van der Waals surface area contributed by atoms with Gasteiger partial charge in [-0.3, -0.25) is 0 Å². The molecule has 6 nitrogen and oxygen atoms in total. The summed E-state index contributed by atoms with van der Waals surface area (Å²) in [6.07, 6.45) is 0. The van der Waals surface area contributed by atoms with Crippen LogP contribution in [0.5, 0.6) is 5.75 Å². The number of guanidine groups is 1. The number of hydrogen-bond donors (Lipinski definition) is 1. The Bertz CT molecular complexity index is 754. The predicted octanol–water partition coefficient (Wildman–Crippen LogP) is 2.43. The molecule has 1 N–H and O–H groups in total. The molecular formula is C17H27FIN3O3S. The first kappa shape index (κ1) is 22.9. The standard InChI is InChI=1S/C17H26FN3O3S.HI/c1-5-19-16(21-8-9-25(22,23)17(2,3)12-21)20-11-13-6-7-15(24-4)14(18)10-13;/h6-7,10H,5,8-9,11-12H2,1-4H3,(H,19,20);1H. The summed E-state index contributed by atoms with van der Waals surface area (Å²) in [5, 5.41) is 3.19. The van der Waals surface area contributed by atoms with Gasteiger partial charge in [0.25, 0.3) is 0 Å². The Kier molecular flexibility index (Phi) is 8.12. The van der Waals surface area contributed by atoms with Gasteiger partial charge in [-0.1, -0.05) is 6.07 Å². The van der Waals surface area contributed by atoms with Gasteiger partial charge in [0.1, 0.15) is 0 Å². The van der Waals surface area contributed by atoms with E-state index in [9.17, 15) is 12.8 Å². The van der Waals surface area contributed by atoms with E-state index < -0.39 is 20.4 Å². The van der Waals surface area contributed by atoms with E-state index in [1.807, 2.05) is 11.8 Å². The van der Waals surface area contributed by atoms with Gasteiger partial charge in [0.15, 0.2) is 27.4 Å². The topological polar surface area (TPSA) is 71.0 Å². The second-order valence-corrected chi connectivity index (χ2v) is 9.38. The summed E-state index contributed by atoms with van der Waals surface area (Å²) < 4.78 is 42.2. The quantitative estimate of drug-likeness (QED) is 0.392. The van der Waals surface area contributed by atoms with Crippen molar-refractivity contribution < 1.29 is 17.5 Å². The van der Waals surface area contributed by atoms with Crippen LogP contribution in [0.2, 0.25) is 0 Å². The van der Waals surface area contributed by atoms with E-state index in [2.05, 4.69) is 10.3 Å². The molecule has 1 aliphatic heterocycles. The van der Waals surface area contributed by atoms with Crippen molar-refractivity contribution in [2.24, 2.45) is 4.99 Å². The molecule has 9 heteroatoms. The van der Waals surface area contributed by atoms with Crippen molar-refractivity contribution in [2.75, 3.05) is 32.5 Å². The van der Waals surface area contributed by atoms with Crippen LogP contribution in [0.4, 0.5) is 4.39 Å². The molecule has 0 amide bonds. The van der Waals surface area contributed by atoms with E-state index in [1.54, 1.807) is 26.0 Å². The summed E-state index contributed by atoms with van der Waals surface area (Å²) in [4.78, 5) is 6.50. The first-order valence-corrected chi connectivity index (χ1v) is 9.93. The van der Waals surface area contributed by atoms with Crippen LogP contribution < -0.4 is 10.1 Å². The number of rotatable bonds is 4. The Morgan fingerprint density at radius 1 is 1.42 bits per heavy atom. The average Bonchev–Trinajstić information content (AvgIpc) is 2.54. The van der Waals surface area contributed by atoms with E-state index in [4.69, 9.17) is 4.74 Å². The highest BCUT2D eigenvalue weighted by Gasteiger charge is 2.40. The molecule has 1 fully saturated rings. The third-order valence-electron chi connectivity index (χ3n) is 4.31. The molecule has 0 spiro atoms. The minimum absolute atomic E-state index is 0. The number of halogens is 2. The summed E-state index contributed by atoms with van der Waals surface area (Å²) in [5.41, 5.74) is 0.720. The fourth-order valence-electron chi connectivity index (χ4n) is 2.72. The summed E-state index contributed by atoms with van der Waals surface area (Å²) in [6.45, 7) is 7.15. The molecule has 1 heterocycles. The number of nitrogens with zero attached hydrogens (tertiary/aromatic N) is 2. The van der Waals surface area contributed by atoms with Crippen molar-refractivity contribution in [3.05, 3.63) is 29.6 Å². The van der Waals surface area contributed by atoms with Crippen LogP contribution in [-0.4, -0.2) is 56.5 Å². The number of hydrogen-bond acceptors (Lipinski definition) is 4. The maximum atomic E-state index is 13.8. The highest BCUT2D eigenvalue weighted by Crippen LogP contribution is 2.24. The molecule has 2 rings (SSSR count). The van der Waals surface area contributed by atoms with E-state index in [0.29, 0.717) is 32.1 Å². The van der Waals surface area contributed by atoms with E-state index >= 15 is 0 Å². The zero-order chi connectivity index (χ0) is 18.7. The van der Waals surface area contributed by atoms with Crippen molar-refractivity contribution in [1.29, 1.82) is 0 Å². The molecule has 1 saturated heterocycles. The Labute approximate surface area is 172 Å². The van der Waals surface area contributed by atoms with Gasteiger partial charge in [-0.05, 0) is 38.5 Å². The molecule has 0 atom stereocenters. The molecule has 0 aliphatic carbocycles. The Hall–Kier alpha value is -1.10. The number of methoxy groups -OCH3 is 1. The first-order chi connectivity index (χ1) is 11.7. The lowest BCUT2D eigenvalue weighted by molar-refractivity contribution is 0.353. The molecule has 1 aromatic rings. The Morgan fingerprint density at radius 3 is 2.65 bits per heavy atom. The van der Waals surface area contributed by atoms with Gasteiger partial charge in [0.2, 0.25) is 0 Å². The molecule has 1 aromatic carbocycles. The van der Waals surface area contributed by atoms with Gasteiger partial charge in [0.05, 0.1) is 24.2 Å². The summed E-state index contributed by atoms with van der Waals surface area (Å²) in [5.74, 6) is 0.511. The van der Waals surface area contributed by atoms with E-state index in [-0.39, 0.29) is 35.5 Å². The lowest BCUT2D eigenvalue weighted by Crippen LogP contribution is -2.57. The monoisotopic (exact) mass is 499 g/mol. The molecule has 0 saturated carbocycles. The fraction of sp³-hybridized carbons (Fsp3) is 0.588. The SMILES string of the molecule is CCNC(=NCc1ccc(OC)c(F)c1)N1CCS(=O)(=O)C(C)(C)C1.I. The second-order valence-electron chi connectivity index (χ2n) is 6.64. The molecule has 0 aromatic heterocycles. The maximum Gasteiger partial charge on any atom is 0.194 e. The second kappa shape index (κ2) is 9.20. The fourth-order valence-corrected chi connectivity index (χ4v) is 4.09. The number of benzene rings is 1. The predicted molar refractivity (Wildman–Crippen MR) is 113 cm³/mol. The van der Waals surface area contributed by atoms with Crippen LogP contribution in [0.1, 0.15) is 26.3 Å². The Balaban J connectivity index is 0.00000338. The van der Waals surface area contributed by atoms with Gasteiger partial charge in [-0.25, -0.2) is 17.8 Å². The number of aliphatic imine (C=N–C) groups is 1. The molecule has 26 heavy (non-hydrogen) atoms. The van der Waals surface area contributed by atoms with Crippen molar-refractivity contribution in [2.45, 2.75) is 32.1 Å². The number of sulfone groups is 1. The van der Waals surface area contributed by atoms with E-state index in [0.717, 1.165) is 5.56 Å². The molecule has 148 valence electrons. The third-order valence-corrected chi connectivity index (χ3v) is 6.84. The van der Waals surface area contributed by atoms with Crippen molar-refractivity contribution in [1.82, 2.24) is 10.2 Å². The summed E-state index contributed by atoms with van der Waals surface area (Å²) >= 11 is 0. The molecular weight excluding hydrogens is 472 g/mol. The minimum atomic E-state index is -3.11. The lowest BCUT2D eigenvalue weighted by atomic mass is 10.2. The van der Waals surface area contributed by atoms with Crippen LogP contribution in [0.25, 0.3) is 0 Å². The molecule has 0 unspecified atom stereocenters. The normalized spacial score (nSPS) is 18.8. The van der Waals surface area contributed by atoms with Crippen molar-refractivity contribution in [3.8, 4) is 5.75 Å². The molecule has 1 aliphatic rings. The lowest BCUT2D eigenvalue weighted by Gasteiger charge is -2.39. The van der Waals surface area contributed by atoms with Crippen LogP contribution in [0.15, 0.2) is 23.2 Å². The smallest absolute Gasteiger partial charge is 0.194 e. The van der Waals surface area contributed by atoms with Crippen LogP contribution >= 0.6 is 24.0 Å². The van der Waals surface area contributed by atoms with Gasteiger partial charge < -0.3 is 15.0 Å². The van der Waals surface area contributed by atoms with Crippen molar-refractivity contribution in [3.63, 3.8) is 0 Å².